The van der Waals surface area contributed by atoms with Crippen molar-refractivity contribution in [2.45, 2.75) is 13.5 Å². The maximum atomic E-state index is 12.0. The molecule has 0 fully saturated rings. The van der Waals surface area contributed by atoms with Gasteiger partial charge in [-0.25, -0.2) is 4.79 Å². The fourth-order valence-corrected chi connectivity index (χ4v) is 3.02. The highest BCUT2D eigenvalue weighted by atomic mass is 16.6. The van der Waals surface area contributed by atoms with Gasteiger partial charge in [0.1, 0.15) is 5.56 Å². The number of hydrogen-bond acceptors (Lipinski definition) is 6. The van der Waals surface area contributed by atoms with Gasteiger partial charge in [-0.3, -0.25) is 14.8 Å². The van der Waals surface area contributed by atoms with Gasteiger partial charge in [0.05, 0.1) is 18.2 Å². The summed E-state index contributed by atoms with van der Waals surface area (Å²) < 4.78 is 6.43. The van der Waals surface area contributed by atoms with Crippen LogP contribution in [0.25, 0.3) is 11.1 Å². The number of nitro benzene ring substituents is 1. The average Bonchev–Trinajstić information content (AvgIpc) is 3.11. The zero-order valence-corrected chi connectivity index (χ0v) is 15.8. The van der Waals surface area contributed by atoms with Gasteiger partial charge >= 0.3 is 5.97 Å². The lowest BCUT2D eigenvalue weighted by Gasteiger charge is -2.11. The zero-order chi connectivity index (χ0) is 20.3. The van der Waals surface area contributed by atoms with Crippen molar-refractivity contribution in [3.63, 3.8) is 0 Å². The fraction of sp³-hybridized carbons (Fsp3) is 0.200. The zero-order valence-electron chi connectivity index (χ0n) is 15.8. The van der Waals surface area contributed by atoms with E-state index in [1.165, 1.54) is 13.2 Å². The number of aryl methyl sites for hydroxylation is 2. The summed E-state index contributed by atoms with van der Waals surface area (Å²) >= 11 is 0. The normalized spacial score (nSPS) is 10.5. The molecule has 0 saturated carbocycles. The molecule has 0 saturated heterocycles. The lowest BCUT2D eigenvalue weighted by atomic mass is 10.0. The van der Waals surface area contributed by atoms with Crippen LogP contribution in [0.4, 0.5) is 11.4 Å². The lowest BCUT2D eigenvalue weighted by Crippen LogP contribution is -2.09. The number of rotatable bonds is 6. The van der Waals surface area contributed by atoms with Crippen LogP contribution in [0.3, 0.4) is 0 Å². The van der Waals surface area contributed by atoms with Gasteiger partial charge in [-0.05, 0) is 36.2 Å². The highest BCUT2D eigenvalue weighted by Crippen LogP contribution is 2.29. The predicted octanol–water partition coefficient (Wildman–Crippen LogP) is 3.70. The van der Waals surface area contributed by atoms with Crippen molar-refractivity contribution in [3.05, 3.63) is 75.6 Å². The molecule has 1 N–H and O–H groups in total. The second-order valence-electron chi connectivity index (χ2n) is 6.39. The molecule has 3 rings (SSSR count). The van der Waals surface area contributed by atoms with Crippen LogP contribution in [0.2, 0.25) is 0 Å². The third-order valence-electron chi connectivity index (χ3n) is 4.35. The summed E-state index contributed by atoms with van der Waals surface area (Å²) in [6.45, 7) is 2.09. The second kappa shape index (κ2) is 7.91. The first-order valence-corrected chi connectivity index (χ1v) is 8.58. The molecule has 3 aromatic rings. The van der Waals surface area contributed by atoms with Gasteiger partial charge in [0.25, 0.3) is 5.69 Å². The van der Waals surface area contributed by atoms with E-state index in [4.69, 9.17) is 0 Å². The molecule has 8 heteroatoms. The van der Waals surface area contributed by atoms with E-state index in [0.29, 0.717) is 17.8 Å². The van der Waals surface area contributed by atoms with Gasteiger partial charge < -0.3 is 10.1 Å². The van der Waals surface area contributed by atoms with Crippen LogP contribution in [0, 0.1) is 17.0 Å². The Hall–Kier alpha value is -3.68. The van der Waals surface area contributed by atoms with Crippen molar-refractivity contribution in [1.82, 2.24) is 9.78 Å². The molecular formula is C20H20N4O4. The van der Waals surface area contributed by atoms with Crippen LogP contribution in [0.15, 0.2) is 48.8 Å². The molecule has 8 nitrogen and oxygen atoms in total. The number of nitrogens with zero attached hydrogens (tertiary/aromatic N) is 3. The maximum absolute atomic E-state index is 12.0. The van der Waals surface area contributed by atoms with Crippen molar-refractivity contribution in [2.24, 2.45) is 7.05 Å². The number of ether oxygens (including phenoxy) is 1. The molecule has 144 valence electrons. The van der Waals surface area contributed by atoms with Crippen molar-refractivity contribution < 1.29 is 14.5 Å². The van der Waals surface area contributed by atoms with Crippen LogP contribution >= 0.6 is 0 Å². The summed E-state index contributed by atoms with van der Waals surface area (Å²) in [6.07, 6.45) is 3.74. The van der Waals surface area contributed by atoms with E-state index in [2.05, 4.69) is 15.2 Å². The largest absolute Gasteiger partial charge is 0.465 e. The molecule has 0 aliphatic rings. The number of methoxy groups -OCH3 is 1. The molecule has 0 radical (unpaired) electrons. The molecule has 0 amide bonds. The van der Waals surface area contributed by atoms with Crippen LogP contribution in [0.1, 0.15) is 21.5 Å². The smallest absolute Gasteiger partial charge is 0.344 e. The van der Waals surface area contributed by atoms with E-state index in [-0.39, 0.29) is 11.3 Å². The Morgan fingerprint density at radius 2 is 2.07 bits per heavy atom. The highest BCUT2D eigenvalue weighted by Gasteiger charge is 2.24. The number of hydrogen-bond donors (Lipinski definition) is 1. The van der Waals surface area contributed by atoms with Gasteiger partial charge in [-0.2, -0.15) is 5.10 Å². The van der Waals surface area contributed by atoms with Crippen molar-refractivity contribution in [1.29, 1.82) is 0 Å². The van der Waals surface area contributed by atoms with E-state index in [9.17, 15) is 14.9 Å². The molecule has 0 atom stereocenters. The monoisotopic (exact) mass is 380 g/mol. The number of carbonyl (C=O) groups is 1. The first-order chi connectivity index (χ1) is 13.4. The first kappa shape index (κ1) is 19.1. The van der Waals surface area contributed by atoms with Crippen LogP contribution < -0.4 is 5.32 Å². The SMILES string of the molecule is COC(=O)c1cc(NCc2cccc(-c3cnn(C)c3)c2)cc(C)c1[N+](=O)[O-]. The van der Waals surface area contributed by atoms with Gasteiger partial charge in [0.15, 0.2) is 0 Å². The molecular weight excluding hydrogens is 360 g/mol. The Morgan fingerprint density at radius 1 is 1.29 bits per heavy atom. The summed E-state index contributed by atoms with van der Waals surface area (Å²) in [6, 6.07) is 11.1. The molecule has 0 aliphatic heterocycles. The number of benzene rings is 2. The van der Waals surface area contributed by atoms with Crippen LogP contribution in [-0.4, -0.2) is 27.8 Å². The van der Waals surface area contributed by atoms with E-state index in [0.717, 1.165) is 16.7 Å². The third-order valence-corrected chi connectivity index (χ3v) is 4.35. The maximum Gasteiger partial charge on any atom is 0.344 e. The molecule has 28 heavy (non-hydrogen) atoms. The molecule has 1 aromatic heterocycles. The average molecular weight is 380 g/mol. The van der Waals surface area contributed by atoms with Gasteiger partial charge in [0, 0.05) is 36.6 Å². The summed E-state index contributed by atoms with van der Waals surface area (Å²) in [5.74, 6) is -0.739. The molecule has 0 unspecified atom stereocenters. The highest BCUT2D eigenvalue weighted by molar-refractivity contribution is 5.95. The predicted molar refractivity (Wildman–Crippen MR) is 105 cm³/mol. The number of anilines is 1. The summed E-state index contributed by atoms with van der Waals surface area (Å²) in [7, 11) is 3.07. The fourth-order valence-electron chi connectivity index (χ4n) is 3.02. The van der Waals surface area contributed by atoms with Crippen molar-refractivity contribution >= 4 is 17.3 Å². The second-order valence-corrected chi connectivity index (χ2v) is 6.39. The summed E-state index contributed by atoms with van der Waals surface area (Å²) in [4.78, 5) is 22.7. The molecule has 0 spiro atoms. The van der Waals surface area contributed by atoms with Gasteiger partial charge in [-0.1, -0.05) is 18.2 Å². The van der Waals surface area contributed by atoms with E-state index < -0.39 is 10.9 Å². The number of esters is 1. The molecule has 2 aromatic carbocycles. The van der Waals surface area contributed by atoms with E-state index >= 15 is 0 Å². The lowest BCUT2D eigenvalue weighted by molar-refractivity contribution is -0.385. The molecule has 0 aliphatic carbocycles. The van der Waals surface area contributed by atoms with Crippen LogP contribution in [0.5, 0.6) is 0 Å². The Balaban J connectivity index is 1.84. The number of carbonyl (C=O) groups excluding carboxylic acids is 1. The van der Waals surface area contributed by atoms with E-state index in [1.807, 2.05) is 37.5 Å². The topological polar surface area (TPSA) is 99.3 Å². The first-order valence-electron chi connectivity index (χ1n) is 8.58. The third kappa shape index (κ3) is 4.01. The standard InChI is InChI=1S/C20H20N4O4/c1-13-7-17(9-18(20(25)28-3)19(13)24(26)27)21-10-14-5-4-6-15(8-14)16-11-22-23(2)12-16/h4-9,11-12,21H,10H2,1-3H3. The van der Waals surface area contributed by atoms with Gasteiger partial charge in [-0.15, -0.1) is 0 Å². The van der Waals surface area contributed by atoms with Gasteiger partial charge in [0.2, 0.25) is 0 Å². The summed E-state index contributed by atoms with van der Waals surface area (Å²) in [5, 5.41) is 18.7. The molecule has 1 heterocycles. The van der Waals surface area contributed by atoms with Crippen molar-refractivity contribution in [3.8, 4) is 11.1 Å². The van der Waals surface area contributed by atoms with Crippen LogP contribution in [-0.2, 0) is 18.3 Å². The number of nitro groups is 1. The molecule has 0 bridgehead atoms. The number of aromatic nitrogens is 2. The minimum absolute atomic E-state index is 0.0703. The minimum Gasteiger partial charge on any atom is -0.465 e. The Morgan fingerprint density at radius 3 is 2.71 bits per heavy atom. The summed E-state index contributed by atoms with van der Waals surface area (Å²) in [5.41, 5.74) is 3.77. The minimum atomic E-state index is -0.739. The van der Waals surface area contributed by atoms with Crippen molar-refractivity contribution in [2.75, 3.05) is 12.4 Å². The Bertz CT molecular complexity index is 1040. The Labute approximate surface area is 161 Å². The van der Waals surface area contributed by atoms with E-state index in [1.54, 1.807) is 23.9 Å². The quantitative estimate of drug-likeness (QED) is 0.398. The number of nitrogens with one attached hydrogen (secondary N) is 1. The Kier molecular flexibility index (Phi) is 5.39.